The Labute approximate surface area is 254 Å². The fourth-order valence-corrected chi connectivity index (χ4v) is 6.01. The number of nitro benzene ring substituents is 1. The van der Waals surface area contributed by atoms with E-state index < -0.39 is 37.0 Å². The zero-order valence-electron chi connectivity index (χ0n) is 23.6. The Kier molecular flexibility index (Phi) is 9.88. The van der Waals surface area contributed by atoms with Crippen molar-refractivity contribution in [2.75, 3.05) is 0 Å². The van der Waals surface area contributed by atoms with Gasteiger partial charge in [-0.3, -0.25) is 14.9 Å². The van der Waals surface area contributed by atoms with Crippen LogP contribution in [0.3, 0.4) is 0 Å². The van der Waals surface area contributed by atoms with Crippen LogP contribution in [0.5, 0.6) is 5.75 Å². The number of aryl methyl sites for hydroxylation is 2. The van der Waals surface area contributed by atoms with Crippen LogP contribution in [0.25, 0.3) is 0 Å². The number of benzene rings is 4. The predicted octanol–water partition coefficient (Wildman–Crippen LogP) is 4.02. The van der Waals surface area contributed by atoms with E-state index in [1.54, 1.807) is 24.3 Å². The molecule has 4 aromatic carbocycles. The summed E-state index contributed by atoms with van der Waals surface area (Å²) in [5, 5.41) is 14.7. The molecular formula is C30H28N4O8S2. The van der Waals surface area contributed by atoms with Gasteiger partial charge in [0, 0.05) is 12.1 Å². The van der Waals surface area contributed by atoms with Gasteiger partial charge in [-0.1, -0.05) is 47.5 Å². The third-order valence-corrected chi connectivity index (χ3v) is 9.07. The Balaban J connectivity index is 1.51. The molecule has 12 nitrogen and oxygen atoms in total. The lowest BCUT2D eigenvalue weighted by molar-refractivity contribution is -0.384. The molecule has 0 aliphatic heterocycles. The van der Waals surface area contributed by atoms with Gasteiger partial charge in [-0.05, 0) is 79.9 Å². The molecule has 1 unspecified atom stereocenters. The highest BCUT2D eigenvalue weighted by molar-refractivity contribution is 7.89. The topological polar surface area (TPSA) is 174 Å². The van der Waals surface area contributed by atoms with E-state index in [2.05, 4.69) is 15.2 Å². The summed E-state index contributed by atoms with van der Waals surface area (Å²) in [5.41, 5.74) is 4.89. The van der Waals surface area contributed by atoms with E-state index in [0.717, 1.165) is 11.1 Å². The van der Waals surface area contributed by atoms with Gasteiger partial charge in [0.2, 0.25) is 10.0 Å². The maximum atomic E-state index is 13.1. The van der Waals surface area contributed by atoms with Gasteiger partial charge < -0.3 is 4.18 Å². The fraction of sp³-hybridized carbons (Fsp3) is 0.133. The van der Waals surface area contributed by atoms with Crippen molar-refractivity contribution in [2.24, 2.45) is 5.10 Å². The normalized spacial score (nSPS) is 12.5. The molecule has 1 amide bonds. The summed E-state index contributed by atoms with van der Waals surface area (Å²) in [4.78, 5) is 23.4. The zero-order chi connectivity index (χ0) is 31.9. The molecule has 0 radical (unpaired) electrons. The molecule has 0 aliphatic carbocycles. The predicted molar refractivity (Wildman–Crippen MR) is 163 cm³/mol. The van der Waals surface area contributed by atoms with Crippen molar-refractivity contribution in [3.05, 3.63) is 129 Å². The molecule has 4 aromatic rings. The number of sulfonamides is 1. The van der Waals surface area contributed by atoms with E-state index in [4.69, 9.17) is 4.18 Å². The highest BCUT2D eigenvalue weighted by Crippen LogP contribution is 2.21. The molecular weight excluding hydrogens is 608 g/mol. The van der Waals surface area contributed by atoms with Crippen LogP contribution in [0.15, 0.2) is 112 Å². The van der Waals surface area contributed by atoms with Crippen molar-refractivity contribution in [3.63, 3.8) is 0 Å². The molecule has 0 saturated heterocycles. The number of hydrazone groups is 1. The van der Waals surface area contributed by atoms with Crippen molar-refractivity contribution < 1.29 is 30.7 Å². The third kappa shape index (κ3) is 8.56. The number of non-ortho nitro benzene ring substituents is 1. The second-order valence-corrected chi connectivity index (χ2v) is 13.0. The molecule has 0 aliphatic rings. The number of rotatable bonds is 12. The minimum atomic E-state index is -4.13. The van der Waals surface area contributed by atoms with Gasteiger partial charge in [-0.15, -0.1) is 0 Å². The summed E-state index contributed by atoms with van der Waals surface area (Å²) in [5.74, 6) is -0.746. The van der Waals surface area contributed by atoms with Gasteiger partial charge in [0.15, 0.2) is 0 Å². The largest absolute Gasteiger partial charge is 0.379 e. The van der Waals surface area contributed by atoms with E-state index >= 15 is 0 Å². The lowest BCUT2D eigenvalue weighted by Gasteiger charge is -2.18. The lowest BCUT2D eigenvalue weighted by atomic mass is 10.1. The monoisotopic (exact) mass is 636 g/mol. The molecule has 0 fully saturated rings. The van der Waals surface area contributed by atoms with Crippen LogP contribution in [0.2, 0.25) is 0 Å². The number of carbonyl (C=O) groups excluding carboxylic acids is 1. The number of hydrogen-bond acceptors (Lipinski definition) is 9. The molecule has 0 bridgehead atoms. The van der Waals surface area contributed by atoms with Crippen LogP contribution in [0.1, 0.15) is 22.3 Å². The molecule has 1 atom stereocenters. The summed E-state index contributed by atoms with van der Waals surface area (Å²) in [6.07, 6.45) is 1.14. The summed E-state index contributed by atoms with van der Waals surface area (Å²) in [6.45, 7) is 3.64. The van der Waals surface area contributed by atoms with Gasteiger partial charge in [0.1, 0.15) is 16.7 Å². The number of amides is 1. The second-order valence-electron chi connectivity index (χ2n) is 9.77. The standard InChI is InChI=1S/C30H28N4O8S2/c1-21-3-15-27(16-4-21)43(38,39)33-29(30(35)32-31-20-24-7-11-25(12-8-24)34(36)37)19-23-9-13-26(14-10-23)42-44(40,41)28-17-5-22(2)6-18-28/h3-18,20,29,33H,19H2,1-2H3,(H,32,35)/b31-20-. The van der Waals surface area contributed by atoms with Gasteiger partial charge in [0.25, 0.3) is 11.6 Å². The van der Waals surface area contributed by atoms with E-state index in [-0.39, 0.29) is 27.6 Å². The Morgan fingerprint density at radius 3 is 1.93 bits per heavy atom. The molecule has 44 heavy (non-hydrogen) atoms. The van der Waals surface area contributed by atoms with Crippen molar-refractivity contribution >= 4 is 38.0 Å². The highest BCUT2D eigenvalue weighted by Gasteiger charge is 2.26. The first kappa shape index (κ1) is 32.0. The van der Waals surface area contributed by atoms with Crippen LogP contribution < -0.4 is 14.3 Å². The quantitative estimate of drug-likeness (QED) is 0.101. The maximum Gasteiger partial charge on any atom is 0.339 e. The summed E-state index contributed by atoms with van der Waals surface area (Å²) in [6, 6.07) is 22.2. The van der Waals surface area contributed by atoms with Crippen molar-refractivity contribution in [1.29, 1.82) is 0 Å². The number of carbonyl (C=O) groups is 1. The summed E-state index contributed by atoms with van der Waals surface area (Å²) >= 11 is 0. The molecule has 0 heterocycles. The lowest BCUT2D eigenvalue weighted by Crippen LogP contribution is -2.46. The van der Waals surface area contributed by atoms with Gasteiger partial charge in [0.05, 0.1) is 16.0 Å². The Morgan fingerprint density at radius 2 is 1.39 bits per heavy atom. The maximum absolute atomic E-state index is 13.1. The number of nitro groups is 1. The molecule has 0 saturated carbocycles. The van der Waals surface area contributed by atoms with Crippen LogP contribution in [0, 0.1) is 24.0 Å². The van der Waals surface area contributed by atoms with E-state index in [1.807, 2.05) is 13.8 Å². The van der Waals surface area contributed by atoms with Crippen molar-refractivity contribution in [3.8, 4) is 5.75 Å². The van der Waals surface area contributed by atoms with E-state index in [9.17, 15) is 31.7 Å². The van der Waals surface area contributed by atoms with Crippen LogP contribution in [-0.4, -0.2) is 39.9 Å². The van der Waals surface area contributed by atoms with Crippen LogP contribution in [-0.2, 0) is 31.4 Å². The summed E-state index contributed by atoms with van der Waals surface area (Å²) < 4.78 is 59.1. The number of hydrogen-bond donors (Lipinski definition) is 2. The third-order valence-electron chi connectivity index (χ3n) is 6.32. The summed E-state index contributed by atoms with van der Waals surface area (Å²) in [7, 11) is -8.21. The molecule has 0 aromatic heterocycles. The first-order valence-electron chi connectivity index (χ1n) is 13.1. The zero-order valence-corrected chi connectivity index (χ0v) is 25.2. The smallest absolute Gasteiger partial charge is 0.339 e. The SMILES string of the molecule is Cc1ccc(S(=O)(=O)NC(Cc2ccc(OS(=O)(=O)c3ccc(C)cc3)cc2)C(=O)N/N=C\c2ccc([N+](=O)[O-])cc2)cc1. The van der Waals surface area contributed by atoms with E-state index in [0.29, 0.717) is 11.1 Å². The Morgan fingerprint density at radius 1 is 0.841 bits per heavy atom. The molecule has 0 spiro atoms. The van der Waals surface area contributed by atoms with Crippen molar-refractivity contribution in [2.45, 2.75) is 36.1 Å². The molecule has 228 valence electrons. The Hall–Kier alpha value is -4.92. The van der Waals surface area contributed by atoms with Gasteiger partial charge in [-0.2, -0.15) is 18.2 Å². The van der Waals surface area contributed by atoms with Gasteiger partial charge >= 0.3 is 10.1 Å². The molecule has 4 rings (SSSR count). The number of nitrogens with zero attached hydrogens (tertiary/aromatic N) is 2. The molecule has 2 N–H and O–H groups in total. The first-order valence-corrected chi connectivity index (χ1v) is 16.0. The van der Waals surface area contributed by atoms with Crippen LogP contribution in [0.4, 0.5) is 5.69 Å². The average molecular weight is 637 g/mol. The van der Waals surface area contributed by atoms with Gasteiger partial charge in [-0.25, -0.2) is 13.8 Å². The number of nitrogens with one attached hydrogen (secondary N) is 2. The fourth-order valence-electron chi connectivity index (χ4n) is 3.89. The first-order chi connectivity index (χ1) is 20.8. The minimum absolute atomic E-state index is 0.0105. The highest BCUT2D eigenvalue weighted by atomic mass is 32.2. The minimum Gasteiger partial charge on any atom is -0.379 e. The second kappa shape index (κ2) is 13.6. The van der Waals surface area contributed by atoms with Crippen molar-refractivity contribution in [1.82, 2.24) is 10.1 Å². The van der Waals surface area contributed by atoms with E-state index in [1.165, 1.54) is 79.0 Å². The molecule has 14 heteroatoms. The Bertz CT molecular complexity index is 1870. The average Bonchev–Trinajstić information content (AvgIpc) is 2.98. The van der Waals surface area contributed by atoms with Crippen LogP contribution >= 0.6 is 0 Å².